The number of nitrogens with zero attached hydrogens (tertiary/aromatic N) is 3. The van der Waals surface area contributed by atoms with Gasteiger partial charge >= 0.3 is 0 Å². The summed E-state index contributed by atoms with van der Waals surface area (Å²) in [6.45, 7) is 2.38. The number of fused-ring (bicyclic) bond motifs is 2. The van der Waals surface area contributed by atoms with E-state index in [2.05, 4.69) is 10.3 Å². The quantitative estimate of drug-likeness (QED) is 0.729. The van der Waals surface area contributed by atoms with Crippen molar-refractivity contribution in [3.05, 3.63) is 53.2 Å². The third-order valence-electron chi connectivity index (χ3n) is 4.95. The van der Waals surface area contributed by atoms with Gasteiger partial charge in [0.15, 0.2) is 11.5 Å². The summed E-state index contributed by atoms with van der Waals surface area (Å²) in [6.07, 6.45) is 4.90. The summed E-state index contributed by atoms with van der Waals surface area (Å²) in [5, 5.41) is 2.80. The molecule has 1 aromatic heterocycles. The molecular weight excluding hydrogens is 420 g/mol. The zero-order chi connectivity index (χ0) is 21.1. The van der Waals surface area contributed by atoms with E-state index in [1.165, 1.54) is 6.08 Å². The zero-order valence-electron chi connectivity index (χ0n) is 17.5. The van der Waals surface area contributed by atoms with Gasteiger partial charge in [0.05, 0.1) is 6.54 Å². The smallest absolute Gasteiger partial charge is 0.246 e. The zero-order valence-corrected chi connectivity index (χ0v) is 18.3. The molecule has 0 aliphatic carbocycles. The van der Waals surface area contributed by atoms with Crippen LogP contribution in [0, 0.1) is 0 Å². The lowest BCUT2D eigenvalue weighted by Gasteiger charge is -2.23. The Morgan fingerprint density at radius 3 is 2.94 bits per heavy atom. The molecule has 0 saturated heterocycles. The predicted molar refractivity (Wildman–Crippen MR) is 119 cm³/mol. The maximum atomic E-state index is 12.6. The number of likely N-dealkylation sites (N-methyl/N-ethyl adjacent to an activating group) is 2. The fourth-order valence-electron chi connectivity index (χ4n) is 3.50. The Kier molecular flexibility index (Phi) is 7.14. The SMILES string of the molecule is CN1CC(=O)Nc2ncc(/C=C/C(=O)N(C)Cc3cccc4c3OCCO4)cc2C1.Cl. The molecule has 1 aromatic carbocycles. The number of rotatable bonds is 4. The van der Waals surface area contributed by atoms with E-state index in [-0.39, 0.29) is 24.2 Å². The Morgan fingerprint density at radius 2 is 2.10 bits per heavy atom. The molecule has 0 bridgehead atoms. The summed E-state index contributed by atoms with van der Waals surface area (Å²) < 4.78 is 11.3. The summed E-state index contributed by atoms with van der Waals surface area (Å²) in [5.74, 6) is 1.77. The highest BCUT2D eigenvalue weighted by Crippen LogP contribution is 2.34. The van der Waals surface area contributed by atoms with Crippen LogP contribution in [-0.4, -0.2) is 60.5 Å². The summed E-state index contributed by atoms with van der Waals surface area (Å²) in [4.78, 5) is 32.3. The average Bonchev–Trinajstić information content (AvgIpc) is 2.88. The molecule has 3 heterocycles. The standard InChI is InChI=1S/C22H24N4O4.ClH/c1-25-12-17-10-15(11-23-22(17)24-19(27)14-25)6-7-20(28)26(2)13-16-4-3-5-18-21(16)30-9-8-29-18;/h3-7,10-11H,8-9,12-14H2,1-2H3,(H,23,24,27);1H/b7-6+;. The number of pyridine rings is 1. The first kappa shape index (κ1) is 22.6. The van der Waals surface area contributed by atoms with Crippen LogP contribution in [0.3, 0.4) is 0 Å². The summed E-state index contributed by atoms with van der Waals surface area (Å²) in [6, 6.07) is 7.63. The molecule has 0 unspecified atom stereocenters. The number of ether oxygens (including phenoxy) is 2. The van der Waals surface area contributed by atoms with Gasteiger partial charge in [-0.15, -0.1) is 12.4 Å². The molecule has 0 atom stereocenters. The number of amides is 2. The molecule has 4 rings (SSSR count). The number of carbonyl (C=O) groups excluding carboxylic acids is 2. The second kappa shape index (κ2) is 9.80. The lowest BCUT2D eigenvalue weighted by molar-refractivity contribution is -0.125. The van der Waals surface area contributed by atoms with Gasteiger partial charge in [-0.25, -0.2) is 4.98 Å². The van der Waals surface area contributed by atoms with E-state index < -0.39 is 0 Å². The lowest BCUT2D eigenvalue weighted by atomic mass is 10.1. The topological polar surface area (TPSA) is 84.0 Å². The van der Waals surface area contributed by atoms with E-state index >= 15 is 0 Å². The van der Waals surface area contributed by atoms with Crippen molar-refractivity contribution in [2.75, 3.05) is 39.2 Å². The van der Waals surface area contributed by atoms with Crippen molar-refractivity contribution in [2.24, 2.45) is 0 Å². The molecule has 164 valence electrons. The van der Waals surface area contributed by atoms with E-state index in [9.17, 15) is 9.59 Å². The Hall–Kier alpha value is -3.10. The number of benzene rings is 1. The number of para-hydroxylation sites is 1. The van der Waals surface area contributed by atoms with E-state index in [0.29, 0.717) is 50.2 Å². The van der Waals surface area contributed by atoms with Crippen LogP contribution < -0.4 is 14.8 Å². The van der Waals surface area contributed by atoms with Crippen molar-refractivity contribution < 1.29 is 19.1 Å². The number of nitrogens with one attached hydrogen (secondary N) is 1. The van der Waals surface area contributed by atoms with Crippen LogP contribution in [0.2, 0.25) is 0 Å². The first-order valence-corrected chi connectivity index (χ1v) is 9.77. The average molecular weight is 445 g/mol. The second-order valence-corrected chi connectivity index (χ2v) is 7.47. The molecule has 2 aliphatic rings. The number of hydrogen-bond donors (Lipinski definition) is 1. The number of halogens is 1. The van der Waals surface area contributed by atoms with Crippen molar-refractivity contribution in [3.63, 3.8) is 0 Å². The maximum Gasteiger partial charge on any atom is 0.246 e. The van der Waals surface area contributed by atoms with Crippen molar-refractivity contribution in [1.82, 2.24) is 14.8 Å². The first-order chi connectivity index (χ1) is 14.5. The minimum absolute atomic E-state index is 0. The first-order valence-electron chi connectivity index (χ1n) is 9.77. The Labute approximate surface area is 187 Å². The van der Waals surface area contributed by atoms with Crippen molar-refractivity contribution >= 4 is 36.1 Å². The summed E-state index contributed by atoms with van der Waals surface area (Å²) in [7, 11) is 3.63. The van der Waals surface area contributed by atoms with Crippen LogP contribution >= 0.6 is 12.4 Å². The van der Waals surface area contributed by atoms with Gasteiger partial charge in [-0.3, -0.25) is 14.5 Å². The maximum absolute atomic E-state index is 12.6. The molecule has 0 saturated carbocycles. The molecule has 2 aliphatic heterocycles. The Bertz CT molecular complexity index is 1010. The third-order valence-corrected chi connectivity index (χ3v) is 4.95. The van der Waals surface area contributed by atoms with Gasteiger partial charge in [-0.05, 0) is 30.8 Å². The number of aromatic nitrogens is 1. The van der Waals surface area contributed by atoms with Crippen LogP contribution in [0.1, 0.15) is 16.7 Å². The van der Waals surface area contributed by atoms with E-state index in [1.807, 2.05) is 36.2 Å². The summed E-state index contributed by atoms with van der Waals surface area (Å²) >= 11 is 0. The third kappa shape index (κ3) is 5.34. The second-order valence-electron chi connectivity index (χ2n) is 7.47. The van der Waals surface area contributed by atoms with Crippen LogP contribution in [-0.2, 0) is 22.7 Å². The van der Waals surface area contributed by atoms with Crippen molar-refractivity contribution in [1.29, 1.82) is 0 Å². The van der Waals surface area contributed by atoms with E-state index in [1.54, 1.807) is 24.2 Å². The highest BCUT2D eigenvalue weighted by Gasteiger charge is 2.19. The lowest BCUT2D eigenvalue weighted by Crippen LogP contribution is -2.26. The van der Waals surface area contributed by atoms with Crippen molar-refractivity contribution in [2.45, 2.75) is 13.1 Å². The van der Waals surface area contributed by atoms with Gasteiger partial charge in [-0.2, -0.15) is 0 Å². The minimum atomic E-state index is -0.135. The van der Waals surface area contributed by atoms with Gasteiger partial charge in [-0.1, -0.05) is 12.1 Å². The molecule has 9 heteroatoms. The molecule has 1 N–H and O–H groups in total. The normalized spacial score (nSPS) is 15.5. The largest absolute Gasteiger partial charge is 0.486 e. The molecule has 8 nitrogen and oxygen atoms in total. The van der Waals surface area contributed by atoms with Crippen LogP contribution in [0.5, 0.6) is 11.5 Å². The monoisotopic (exact) mass is 444 g/mol. The van der Waals surface area contributed by atoms with Crippen LogP contribution in [0.4, 0.5) is 5.82 Å². The molecule has 2 aromatic rings. The highest BCUT2D eigenvalue weighted by molar-refractivity contribution is 5.93. The van der Waals surface area contributed by atoms with Crippen LogP contribution in [0.25, 0.3) is 6.08 Å². The number of hydrogen-bond acceptors (Lipinski definition) is 6. The molecule has 31 heavy (non-hydrogen) atoms. The summed E-state index contributed by atoms with van der Waals surface area (Å²) in [5.41, 5.74) is 2.62. The van der Waals surface area contributed by atoms with Crippen molar-refractivity contribution in [3.8, 4) is 11.5 Å². The van der Waals surface area contributed by atoms with Gasteiger partial charge in [0.2, 0.25) is 11.8 Å². The Morgan fingerprint density at radius 1 is 1.29 bits per heavy atom. The number of carbonyl (C=O) groups is 2. The highest BCUT2D eigenvalue weighted by atomic mass is 35.5. The Balaban J connectivity index is 0.00000272. The van der Waals surface area contributed by atoms with E-state index in [0.717, 1.165) is 16.7 Å². The molecule has 0 fully saturated rings. The number of anilines is 1. The predicted octanol–water partition coefficient (Wildman–Crippen LogP) is 2.33. The van der Waals surface area contributed by atoms with Gasteiger partial charge < -0.3 is 19.7 Å². The molecule has 0 radical (unpaired) electrons. The molecule has 0 spiro atoms. The molecular formula is C22H25ClN4O4. The van der Waals surface area contributed by atoms with Gasteiger partial charge in [0, 0.05) is 43.5 Å². The van der Waals surface area contributed by atoms with Crippen LogP contribution in [0.15, 0.2) is 36.5 Å². The minimum Gasteiger partial charge on any atom is -0.486 e. The fourth-order valence-corrected chi connectivity index (χ4v) is 3.50. The van der Waals surface area contributed by atoms with E-state index in [4.69, 9.17) is 9.47 Å². The fraction of sp³-hybridized carbons (Fsp3) is 0.318. The van der Waals surface area contributed by atoms with Gasteiger partial charge in [0.1, 0.15) is 19.0 Å². The van der Waals surface area contributed by atoms with Gasteiger partial charge in [0.25, 0.3) is 0 Å². The molecule has 2 amide bonds.